The second-order valence-corrected chi connectivity index (χ2v) is 33.4. The van der Waals surface area contributed by atoms with E-state index < -0.39 is 77.0 Å². The first-order valence-corrected chi connectivity index (χ1v) is 44.3. The predicted octanol–water partition coefficient (Wildman–Crippen LogP) is 14.6. The van der Waals surface area contributed by atoms with Crippen molar-refractivity contribution < 1.29 is 86.4 Å². The van der Waals surface area contributed by atoms with Gasteiger partial charge in [0.1, 0.15) is 17.1 Å². The highest BCUT2D eigenvalue weighted by atomic mass is 19.4. The maximum atomic E-state index is 13.2. The summed E-state index contributed by atoms with van der Waals surface area (Å²) in [6.45, 7) is 20.5. The summed E-state index contributed by atoms with van der Waals surface area (Å²) in [6, 6.07) is 35.8. The second kappa shape index (κ2) is 44.7. The van der Waals surface area contributed by atoms with E-state index in [1.54, 1.807) is 136 Å². The first-order valence-electron chi connectivity index (χ1n) is 44.3. The molecule has 4 amide bonds. The van der Waals surface area contributed by atoms with Crippen molar-refractivity contribution in [3.05, 3.63) is 285 Å². The topological polar surface area (TPSA) is 368 Å². The first kappa shape index (κ1) is 103. The normalized spacial score (nSPS) is 14.1. The van der Waals surface area contributed by atoms with Crippen molar-refractivity contribution in [1.29, 1.82) is 5.26 Å². The third-order valence-corrected chi connectivity index (χ3v) is 23.1. The smallest absolute Gasteiger partial charge is 0.378 e. The maximum absolute atomic E-state index is 13.2. The number of anilines is 8. The van der Waals surface area contributed by atoms with Gasteiger partial charge in [0, 0.05) is 165 Å². The van der Waals surface area contributed by atoms with Crippen LogP contribution in [0.5, 0.6) is 0 Å². The standard InChI is InChI=1S/C25H23F5N4O3.C25H25F3N4O3.C25H27N7O3.C23H22F3N5O3/c1-15-5-6-18(31-23(35)16-3-2-4-17(11-16)25(28,29)30)12-19(15)20-13-34(14-21(26)27)24(36)22(32-20)33-7-9-37-10-8-33;1-3-31-15-21(30-22(24(31)34)32-9-11-35-12-10-32)20-14-19(8-7-16(20)2)29-23(33)17-5-4-6-18(13-17)25(26,27)28;1-16-19(20-13-21(24(34)31(4)30-20)32-7-9-35-10-8-32)12-18(14-28-16)29-23(33)17-5-6-27-22(11-17)25(2,3)15-26;1-14-3-4-16(28-21(32)15-5-6-27-20(11-15)23(24,25)26)12-17(14)18-13-19(22(33)30(2)29-18)31-7-9-34-10-8-31/h2-6,11-13,21H,7-10,14H2,1H3,(H,31,35);4-8,13-15H,3,9-12H2,1-2H3,(H,29,33);5-6,11-14H,7-10H2,1-4H3,(H,29,33);3-6,11-13H,7-10H2,1-2H3,(H,28,32). The lowest BCUT2D eigenvalue weighted by Gasteiger charge is -2.28. The van der Waals surface area contributed by atoms with E-state index in [4.69, 9.17) is 18.9 Å². The fourth-order valence-electron chi connectivity index (χ4n) is 15.3. The second-order valence-electron chi connectivity index (χ2n) is 33.4. The summed E-state index contributed by atoms with van der Waals surface area (Å²) >= 11 is 0. The predicted molar refractivity (Wildman–Crippen MR) is 505 cm³/mol. The number of nitrogens with zero attached hydrogens (tertiary/aromatic N) is 16. The van der Waals surface area contributed by atoms with Gasteiger partial charge in [0.25, 0.3) is 52.3 Å². The van der Waals surface area contributed by atoms with Crippen LogP contribution in [0.2, 0.25) is 0 Å². The van der Waals surface area contributed by atoms with Crippen LogP contribution < -0.4 is 63.1 Å². The zero-order chi connectivity index (χ0) is 102. The molecule has 4 saturated heterocycles. The SMILES string of the molecule is CCn1cc(-c2cc(NC(=O)c3cccc(C(F)(F)F)c3)ccc2C)nc(N2CCOCC2)c1=O.Cc1ccc(NC(=O)c2cccc(C(F)(F)F)c2)cc1-c1cn(CC(F)F)c(=O)c(N2CCOCC2)n1.Cc1ccc(NC(=O)c2ccnc(C(F)(F)F)c2)cc1-c1cc(N2CCOCC2)c(=O)n(C)n1.Cc1ncc(NC(=O)c2ccnc(C(C)(C)C#N)c2)cc1-c1cc(N2CCOCC2)c(=O)n(C)n1. The van der Waals surface area contributed by atoms with Crippen LogP contribution in [0, 0.1) is 39.0 Å². The van der Waals surface area contributed by atoms with E-state index in [0.29, 0.717) is 214 Å². The molecule has 5 aromatic carbocycles. The van der Waals surface area contributed by atoms with Gasteiger partial charge in [-0.2, -0.15) is 55.0 Å². The number of carbonyl (C=O) groups is 4. The van der Waals surface area contributed by atoms with Crippen LogP contribution >= 0.6 is 0 Å². The lowest BCUT2D eigenvalue weighted by atomic mass is 9.90. The molecule has 0 unspecified atom stereocenters. The Morgan fingerprint density at radius 2 is 0.773 bits per heavy atom. The summed E-state index contributed by atoms with van der Waals surface area (Å²) in [4.78, 5) is 131. The van der Waals surface area contributed by atoms with Gasteiger partial charge in [-0.3, -0.25) is 53.3 Å². The molecule has 4 aliphatic rings. The molecule has 43 heteroatoms. The molecule has 12 aromatic rings. The van der Waals surface area contributed by atoms with Crippen LogP contribution in [0.4, 0.5) is 94.1 Å². The molecule has 7 aromatic heterocycles. The number of hydrogen-bond acceptors (Lipinski definition) is 24. The number of aryl methyl sites for hydroxylation is 7. The van der Waals surface area contributed by atoms with Crippen LogP contribution in [0.15, 0.2) is 196 Å². The lowest BCUT2D eigenvalue weighted by Crippen LogP contribution is -2.41. The monoisotopic (exact) mass is 1950 g/mol. The molecule has 0 spiro atoms. The Hall–Kier alpha value is -15.3. The van der Waals surface area contributed by atoms with Crippen molar-refractivity contribution in [2.75, 3.05) is 146 Å². The van der Waals surface area contributed by atoms with Gasteiger partial charge in [-0.15, -0.1) is 0 Å². The first-order chi connectivity index (χ1) is 67.0. The Morgan fingerprint density at radius 3 is 1.16 bits per heavy atom. The van der Waals surface area contributed by atoms with Gasteiger partial charge >= 0.3 is 18.5 Å². The highest BCUT2D eigenvalue weighted by Crippen LogP contribution is 2.37. The molecular weight excluding hydrogens is 1860 g/mol. The van der Waals surface area contributed by atoms with Crippen LogP contribution in [-0.4, -0.2) is 189 Å². The molecular formula is C98H97F11N20O12. The Labute approximate surface area is 799 Å². The molecule has 4 N–H and O–H groups in total. The van der Waals surface area contributed by atoms with Crippen molar-refractivity contribution in [1.82, 2.24) is 53.6 Å². The molecule has 0 saturated carbocycles. The number of amides is 4. The molecule has 4 fully saturated rings. The van der Waals surface area contributed by atoms with E-state index in [0.717, 1.165) is 52.2 Å². The summed E-state index contributed by atoms with van der Waals surface area (Å²) in [5, 5.41) is 28.9. The van der Waals surface area contributed by atoms with Gasteiger partial charge in [0.05, 0.1) is 122 Å². The Bertz CT molecular complexity index is 6940. The van der Waals surface area contributed by atoms with Crippen LogP contribution in [0.3, 0.4) is 0 Å². The third kappa shape index (κ3) is 25.8. The number of nitrogens with one attached hydrogen (secondary N) is 4. The summed E-state index contributed by atoms with van der Waals surface area (Å²) in [7, 11) is 3.19. The zero-order valence-electron chi connectivity index (χ0n) is 77.8. The van der Waals surface area contributed by atoms with Crippen LogP contribution in [0.1, 0.15) is 107 Å². The molecule has 16 rings (SSSR count). The fraction of sp³-hybridized carbons (Fsp3) is 0.327. The largest absolute Gasteiger partial charge is 0.433 e. The molecule has 0 bridgehead atoms. The lowest BCUT2D eigenvalue weighted by molar-refractivity contribution is -0.141. The minimum absolute atomic E-state index is 0.0132. The number of nitriles is 1. The maximum Gasteiger partial charge on any atom is 0.433 e. The summed E-state index contributed by atoms with van der Waals surface area (Å²) in [5.41, 5.74) is 5.48. The number of ether oxygens (including phenoxy) is 4. The highest BCUT2D eigenvalue weighted by Gasteiger charge is 2.36. The number of hydrogen-bond donors (Lipinski definition) is 4. The van der Waals surface area contributed by atoms with Crippen molar-refractivity contribution in [3.63, 3.8) is 0 Å². The number of pyridine rings is 3. The summed E-state index contributed by atoms with van der Waals surface area (Å²) in [6.07, 6.45) is -9.62. The molecule has 0 atom stereocenters. The highest BCUT2D eigenvalue weighted by molar-refractivity contribution is 6.07. The molecule has 11 heterocycles. The average Bonchev–Trinajstić information content (AvgIpc) is 0.813. The van der Waals surface area contributed by atoms with Gasteiger partial charge in [-0.25, -0.2) is 28.1 Å². The van der Waals surface area contributed by atoms with E-state index in [-0.39, 0.29) is 56.5 Å². The van der Waals surface area contributed by atoms with Gasteiger partial charge in [0.15, 0.2) is 11.6 Å². The number of aromatic nitrogens is 11. The zero-order valence-corrected chi connectivity index (χ0v) is 77.8. The van der Waals surface area contributed by atoms with Crippen LogP contribution in [0.25, 0.3) is 45.0 Å². The molecule has 738 valence electrons. The Balaban J connectivity index is 0.000000158. The van der Waals surface area contributed by atoms with Gasteiger partial charge < -0.3 is 68.9 Å². The molecule has 0 aliphatic carbocycles. The Kier molecular flexibility index (Phi) is 32.7. The number of benzene rings is 5. The fourth-order valence-corrected chi connectivity index (χ4v) is 15.3. The average molecular weight is 1960 g/mol. The van der Waals surface area contributed by atoms with Crippen LogP contribution in [-0.2, 0) is 70.1 Å². The van der Waals surface area contributed by atoms with Gasteiger partial charge in [0.2, 0.25) is 0 Å². The molecule has 4 aliphatic heterocycles. The number of rotatable bonds is 20. The van der Waals surface area contributed by atoms with Gasteiger partial charge in [-0.05, 0) is 180 Å². The summed E-state index contributed by atoms with van der Waals surface area (Å²) < 4.78 is 170. The number of carbonyl (C=O) groups excluding carboxylic acids is 4. The van der Waals surface area contributed by atoms with E-state index >= 15 is 0 Å². The van der Waals surface area contributed by atoms with Crippen molar-refractivity contribution in [3.8, 4) is 51.1 Å². The Morgan fingerprint density at radius 1 is 0.418 bits per heavy atom. The van der Waals surface area contributed by atoms with Crippen molar-refractivity contribution in [2.45, 2.75) is 91.9 Å². The molecule has 0 radical (unpaired) electrons. The third-order valence-electron chi connectivity index (χ3n) is 23.1. The molecule has 32 nitrogen and oxygen atoms in total. The summed E-state index contributed by atoms with van der Waals surface area (Å²) in [5.74, 6) is -2.12. The minimum Gasteiger partial charge on any atom is -0.378 e. The van der Waals surface area contributed by atoms with Crippen molar-refractivity contribution >= 4 is 69.4 Å². The van der Waals surface area contributed by atoms with E-state index in [1.165, 1.54) is 52.1 Å². The number of morpholine rings is 4. The minimum atomic E-state index is -4.65. The molecule has 141 heavy (non-hydrogen) atoms. The number of halogens is 11. The van der Waals surface area contributed by atoms with Crippen molar-refractivity contribution in [2.24, 2.45) is 14.1 Å². The van der Waals surface area contributed by atoms with E-state index in [1.807, 2.05) is 42.4 Å². The quantitative estimate of drug-likeness (QED) is 0.0515. The van der Waals surface area contributed by atoms with E-state index in [2.05, 4.69) is 62.5 Å². The van der Waals surface area contributed by atoms with Gasteiger partial charge in [-0.1, -0.05) is 30.3 Å². The number of alkyl halides is 11. The van der Waals surface area contributed by atoms with E-state index in [9.17, 15) is 91.9 Å².